The average molecular weight is 241 g/mol. The first kappa shape index (κ1) is 14.5. The van der Waals surface area contributed by atoms with Gasteiger partial charge < -0.3 is 15.5 Å². The predicted molar refractivity (Wildman–Crippen MR) is 70.8 cm³/mol. The number of nitrogens with two attached hydrogens (primary N) is 1. The van der Waals surface area contributed by atoms with Crippen molar-refractivity contribution in [1.82, 2.24) is 9.80 Å². The molecule has 4 heteroatoms. The molecule has 0 aromatic carbocycles. The van der Waals surface area contributed by atoms with Gasteiger partial charge in [-0.3, -0.25) is 4.79 Å². The minimum absolute atomic E-state index is 0.0787. The van der Waals surface area contributed by atoms with Crippen molar-refractivity contribution in [2.24, 2.45) is 5.73 Å². The molecular formula is C13H27N3O. The molecule has 0 spiro atoms. The lowest BCUT2D eigenvalue weighted by molar-refractivity contribution is -0.138. The topological polar surface area (TPSA) is 49.6 Å². The SMILES string of the molecule is CCN1CCC(N(C)C(=O)C(C)(N)CC)CC1. The standard InChI is InChI=1S/C13H27N3O/c1-5-13(3,14)12(17)15(4)11-7-9-16(6-2)10-8-11/h11H,5-10,14H2,1-4H3. The first-order valence-corrected chi connectivity index (χ1v) is 6.70. The van der Waals surface area contributed by atoms with Gasteiger partial charge in [-0.25, -0.2) is 0 Å². The number of piperidine rings is 1. The van der Waals surface area contributed by atoms with Gasteiger partial charge in [0.1, 0.15) is 0 Å². The van der Waals surface area contributed by atoms with E-state index in [9.17, 15) is 4.79 Å². The van der Waals surface area contributed by atoms with Crippen molar-refractivity contribution in [3.05, 3.63) is 0 Å². The van der Waals surface area contributed by atoms with Gasteiger partial charge in [-0.1, -0.05) is 13.8 Å². The van der Waals surface area contributed by atoms with Crippen molar-refractivity contribution in [2.75, 3.05) is 26.7 Å². The van der Waals surface area contributed by atoms with Crippen molar-refractivity contribution in [3.63, 3.8) is 0 Å². The summed E-state index contributed by atoms with van der Waals surface area (Å²) in [4.78, 5) is 16.5. The van der Waals surface area contributed by atoms with Crippen LogP contribution < -0.4 is 5.73 Å². The van der Waals surface area contributed by atoms with E-state index in [1.807, 2.05) is 25.8 Å². The number of likely N-dealkylation sites (tertiary alicyclic amines) is 1. The molecule has 17 heavy (non-hydrogen) atoms. The molecular weight excluding hydrogens is 214 g/mol. The smallest absolute Gasteiger partial charge is 0.242 e. The molecule has 0 aliphatic carbocycles. The monoisotopic (exact) mass is 241 g/mol. The first-order chi connectivity index (χ1) is 7.92. The van der Waals surface area contributed by atoms with Gasteiger partial charge in [-0.2, -0.15) is 0 Å². The van der Waals surface area contributed by atoms with Gasteiger partial charge in [0, 0.05) is 26.2 Å². The molecule has 0 aromatic rings. The Bertz CT molecular complexity index is 257. The molecule has 1 aliphatic rings. The van der Waals surface area contributed by atoms with E-state index >= 15 is 0 Å². The molecule has 0 aromatic heterocycles. The maximum absolute atomic E-state index is 12.2. The van der Waals surface area contributed by atoms with Crippen LogP contribution in [-0.4, -0.2) is 54.0 Å². The van der Waals surface area contributed by atoms with Crippen molar-refractivity contribution < 1.29 is 4.79 Å². The van der Waals surface area contributed by atoms with Crippen LogP contribution in [0.5, 0.6) is 0 Å². The van der Waals surface area contributed by atoms with Crippen LogP contribution in [0, 0.1) is 0 Å². The molecule has 4 nitrogen and oxygen atoms in total. The summed E-state index contributed by atoms with van der Waals surface area (Å²) < 4.78 is 0. The van der Waals surface area contributed by atoms with E-state index in [1.165, 1.54) is 0 Å². The lowest BCUT2D eigenvalue weighted by Crippen LogP contribution is -2.56. The maximum Gasteiger partial charge on any atom is 0.242 e. The summed E-state index contributed by atoms with van der Waals surface area (Å²) in [7, 11) is 1.90. The van der Waals surface area contributed by atoms with E-state index in [0.717, 1.165) is 32.5 Å². The highest BCUT2D eigenvalue weighted by molar-refractivity contribution is 5.85. The molecule has 0 saturated carbocycles. The van der Waals surface area contributed by atoms with Crippen LogP contribution in [0.15, 0.2) is 0 Å². The van der Waals surface area contributed by atoms with Gasteiger partial charge in [-0.15, -0.1) is 0 Å². The van der Waals surface area contributed by atoms with E-state index in [1.54, 1.807) is 0 Å². The minimum atomic E-state index is -0.712. The maximum atomic E-state index is 12.2. The van der Waals surface area contributed by atoms with Gasteiger partial charge in [0.2, 0.25) is 5.91 Å². The molecule has 0 radical (unpaired) electrons. The Kier molecular flexibility index (Phi) is 4.95. The van der Waals surface area contributed by atoms with Crippen LogP contribution in [0.4, 0.5) is 0 Å². The Hall–Kier alpha value is -0.610. The minimum Gasteiger partial charge on any atom is -0.341 e. The fourth-order valence-corrected chi connectivity index (χ4v) is 2.34. The third-order valence-electron chi connectivity index (χ3n) is 4.10. The normalized spacial score (nSPS) is 22.2. The third-order valence-corrected chi connectivity index (χ3v) is 4.10. The molecule has 1 amide bonds. The van der Waals surface area contributed by atoms with Crippen LogP contribution in [0.3, 0.4) is 0 Å². The lowest BCUT2D eigenvalue weighted by atomic mass is 9.95. The third kappa shape index (κ3) is 3.42. The van der Waals surface area contributed by atoms with E-state index in [2.05, 4.69) is 11.8 Å². The van der Waals surface area contributed by atoms with Gasteiger partial charge >= 0.3 is 0 Å². The summed E-state index contributed by atoms with van der Waals surface area (Å²) in [5.74, 6) is 0.0787. The van der Waals surface area contributed by atoms with Crippen molar-refractivity contribution in [1.29, 1.82) is 0 Å². The highest BCUT2D eigenvalue weighted by Crippen LogP contribution is 2.18. The highest BCUT2D eigenvalue weighted by atomic mass is 16.2. The summed E-state index contributed by atoms with van der Waals surface area (Å²) in [6.07, 6.45) is 2.82. The summed E-state index contributed by atoms with van der Waals surface area (Å²) >= 11 is 0. The number of hydrogen-bond acceptors (Lipinski definition) is 3. The van der Waals surface area contributed by atoms with Crippen LogP contribution in [-0.2, 0) is 4.79 Å². The fraction of sp³-hybridized carbons (Fsp3) is 0.923. The number of likely N-dealkylation sites (N-methyl/N-ethyl adjacent to an activating group) is 1. The molecule has 2 N–H and O–H groups in total. The molecule has 1 atom stereocenters. The quantitative estimate of drug-likeness (QED) is 0.800. The Labute approximate surface area is 105 Å². The molecule has 1 heterocycles. The Morgan fingerprint density at radius 1 is 1.41 bits per heavy atom. The van der Waals surface area contributed by atoms with Gasteiger partial charge in [-0.05, 0) is 32.7 Å². The second-order valence-corrected chi connectivity index (χ2v) is 5.35. The van der Waals surface area contributed by atoms with Crippen LogP contribution in [0.1, 0.15) is 40.0 Å². The zero-order chi connectivity index (χ0) is 13.1. The zero-order valence-electron chi connectivity index (χ0n) is 11.7. The zero-order valence-corrected chi connectivity index (χ0v) is 11.7. The van der Waals surface area contributed by atoms with E-state index < -0.39 is 5.54 Å². The summed E-state index contributed by atoms with van der Waals surface area (Å²) in [6.45, 7) is 9.26. The molecule has 100 valence electrons. The number of nitrogens with zero attached hydrogens (tertiary/aromatic N) is 2. The van der Waals surface area contributed by atoms with Gasteiger partial charge in [0.05, 0.1) is 5.54 Å². The summed E-state index contributed by atoms with van der Waals surface area (Å²) in [5, 5.41) is 0. The number of hydrogen-bond donors (Lipinski definition) is 1. The van der Waals surface area contributed by atoms with Crippen molar-refractivity contribution >= 4 is 5.91 Å². The average Bonchev–Trinajstić information content (AvgIpc) is 2.37. The first-order valence-electron chi connectivity index (χ1n) is 6.70. The molecule has 0 bridgehead atoms. The van der Waals surface area contributed by atoms with Crippen molar-refractivity contribution in [3.8, 4) is 0 Å². The largest absolute Gasteiger partial charge is 0.341 e. The van der Waals surface area contributed by atoms with E-state index in [-0.39, 0.29) is 5.91 Å². The fourth-order valence-electron chi connectivity index (χ4n) is 2.34. The lowest BCUT2D eigenvalue weighted by Gasteiger charge is -2.39. The molecule has 1 saturated heterocycles. The number of carbonyl (C=O) groups is 1. The van der Waals surface area contributed by atoms with Gasteiger partial charge in [0.25, 0.3) is 0 Å². The molecule has 1 rings (SSSR count). The molecule has 1 unspecified atom stereocenters. The van der Waals surface area contributed by atoms with Crippen molar-refractivity contribution in [2.45, 2.75) is 51.6 Å². The summed E-state index contributed by atoms with van der Waals surface area (Å²) in [6, 6.07) is 0.361. The number of amides is 1. The Morgan fingerprint density at radius 3 is 2.35 bits per heavy atom. The van der Waals surface area contributed by atoms with Crippen LogP contribution in [0.25, 0.3) is 0 Å². The van der Waals surface area contributed by atoms with E-state index in [0.29, 0.717) is 12.5 Å². The van der Waals surface area contributed by atoms with Crippen LogP contribution in [0.2, 0.25) is 0 Å². The highest BCUT2D eigenvalue weighted by Gasteiger charge is 2.33. The van der Waals surface area contributed by atoms with Gasteiger partial charge in [0.15, 0.2) is 0 Å². The Morgan fingerprint density at radius 2 is 1.94 bits per heavy atom. The second-order valence-electron chi connectivity index (χ2n) is 5.35. The molecule has 1 fully saturated rings. The number of rotatable bonds is 4. The van der Waals surface area contributed by atoms with Crippen LogP contribution >= 0.6 is 0 Å². The predicted octanol–water partition coefficient (Wildman–Crippen LogP) is 1.06. The van der Waals surface area contributed by atoms with E-state index in [4.69, 9.17) is 5.73 Å². The number of carbonyl (C=O) groups excluding carboxylic acids is 1. The Balaban J connectivity index is 2.54. The second kappa shape index (κ2) is 5.83. The summed E-state index contributed by atoms with van der Waals surface area (Å²) in [5.41, 5.74) is 5.31. The molecule has 1 aliphatic heterocycles.